The summed E-state index contributed by atoms with van der Waals surface area (Å²) in [5.74, 6) is -0.765. The van der Waals surface area contributed by atoms with Crippen LogP contribution in [-0.4, -0.2) is 22.2 Å². The van der Waals surface area contributed by atoms with Crippen molar-refractivity contribution in [3.63, 3.8) is 0 Å². The van der Waals surface area contributed by atoms with Crippen molar-refractivity contribution in [2.24, 2.45) is 11.3 Å². The molecule has 4 heteroatoms. The van der Waals surface area contributed by atoms with E-state index in [4.69, 9.17) is 10.2 Å². The van der Waals surface area contributed by atoms with Crippen molar-refractivity contribution in [2.75, 3.05) is 0 Å². The summed E-state index contributed by atoms with van der Waals surface area (Å²) in [5, 5.41) is 17.8. The zero-order valence-corrected chi connectivity index (χ0v) is 17.3. The molecule has 1 unspecified atom stereocenters. The van der Waals surface area contributed by atoms with Crippen LogP contribution >= 0.6 is 0 Å². The van der Waals surface area contributed by atoms with Crippen LogP contribution in [0.1, 0.15) is 77.3 Å². The highest BCUT2D eigenvalue weighted by Gasteiger charge is 2.22. The minimum atomic E-state index is -0.927. The van der Waals surface area contributed by atoms with E-state index in [9.17, 15) is 9.59 Å². The van der Waals surface area contributed by atoms with Gasteiger partial charge in [0.15, 0.2) is 0 Å². The molecule has 2 N–H and O–H groups in total. The number of hydrogen-bond acceptors (Lipinski definition) is 2. The van der Waals surface area contributed by atoms with Gasteiger partial charge in [-0.15, -0.1) is 0 Å². The van der Waals surface area contributed by atoms with Crippen LogP contribution < -0.4 is 0 Å². The van der Waals surface area contributed by atoms with Crippen molar-refractivity contribution in [3.8, 4) is 0 Å². The molecule has 1 aromatic carbocycles. The Bertz CT molecular complexity index is 648. The van der Waals surface area contributed by atoms with E-state index in [1.54, 1.807) is 0 Å². The Morgan fingerprint density at radius 3 is 2.04 bits per heavy atom. The van der Waals surface area contributed by atoms with Crippen molar-refractivity contribution in [1.29, 1.82) is 0 Å². The third kappa shape index (κ3) is 9.41. The molecular weight excluding hydrogens is 340 g/mol. The lowest BCUT2D eigenvalue weighted by molar-refractivity contribution is -0.138. The molecule has 0 aromatic heterocycles. The van der Waals surface area contributed by atoms with Crippen LogP contribution in [0.25, 0.3) is 0 Å². The van der Waals surface area contributed by atoms with E-state index in [-0.39, 0.29) is 24.7 Å². The summed E-state index contributed by atoms with van der Waals surface area (Å²) in [6, 6.07) is 8.54. The molecule has 150 valence electrons. The van der Waals surface area contributed by atoms with Gasteiger partial charge in [-0.3, -0.25) is 9.59 Å². The maximum atomic E-state index is 11.0. The SMILES string of the molecule is CC(C)C(CC(C)(C)C)c1ccc(C/C=C(/CCC(=O)O)CC(=O)O)cc1. The fraction of sp³-hybridized carbons (Fsp3) is 0.565. The van der Waals surface area contributed by atoms with E-state index in [0.717, 1.165) is 12.0 Å². The monoisotopic (exact) mass is 374 g/mol. The van der Waals surface area contributed by atoms with Crippen LogP contribution in [0.4, 0.5) is 0 Å². The molecule has 27 heavy (non-hydrogen) atoms. The lowest BCUT2D eigenvalue weighted by atomic mass is 9.76. The highest BCUT2D eigenvalue weighted by Crippen LogP contribution is 2.36. The van der Waals surface area contributed by atoms with Gasteiger partial charge in [-0.05, 0) is 47.6 Å². The standard InChI is InChI=1S/C23H34O4/c1-16(2)20(15-23(3,4)5)19-11-8-17(9-12-19)6-7-18(14-22(26)27)10-13-21(24)25/h7-9,11-12,16,20H,6,10,13-15H2,1-5H3,(H,24,25)(H,26,27)/b18-7-. The number of aliphatic carboxylic acids is 2. The van der Waals surface area contributed by atoms with Gasteiger partial charge in [-0.2, -0.15) is 0 Å². The van der Waals surface area contributed by atoms with Gasteiger partial charge in [0.05, 0.1) is 6.42 Å². The Morgan fingerprint density at radius 1 is 1.00 bits per heavy atom. The van der Waals surface area contributed by atoms with Gasteiger partial charge in [0, 0.05) is 6.42 Å². The van der Waals surface area contributed by atoms with Crippen LogP contribution in [0.2, 0.25) is 0 Å². The minimum Gasteiger partial charge on any atom is -0.481 e. The molecule has 0 saturated carbocycles. The largest absolute Gasteiger partial charge is 0.481 e. The van der Waals surface area contributed by atoms with Gasteiger partial charge in [0.2, 0.25) is 0 Å². The average Bonchev–Trinajstić information content (AvgIpc) is 2.54. The Balaban J connectivity index is 2.86. The number of benzene rings is 1. The van der Waals surface area contributed by atoms with E-state index in [1.807, 2.05) is 6.08 Å². The zero-order valence-electron chi connectivity index (χ0n) is 17.3. The molecule has 0 aliphatic carbocycles. The summed E-state index contributed by atoms with van der Waals surface area (Å²) in [4.78, 5) is 21.7. The molecule has 0 spiro atoms. The van der Waals surface area contributed by atoms with Crippen LogP contribution in [-0.2, 0) is 16.0 Å². The summed E-state index contributed by atoms with van der Waals surface area (Å²) in [7, 11) is 0. The molecule has 0 radical (unpaired) electrons. The fourth-order valence-electron chi connectivity index (χ4n) is 3.29. The molecule has 1 aromatic rings. The molecule has 4 nitrogen and oxygen atoms in total. The molecule has 1 rings (SSSR count). The highest BCUT2D eigenvalue weighted by molar-refractivity contribution is 5.71. The van der Waals surface area contributed by atoms with Gasteiger partial charge in [-0.1, -0.05) is 70.5 Å². The first-order valence-electron chi connectivity index (χ1n) is 9.68. The highest BCUT2D eigenvalue weighted by atomic mass is 16.4. The number of allylic oxidation sites excluding steroid dienone is 1. The van der Waals surface area contributed by atoms with Gasteiger partial charge in [0.1, 0.15) is 0 Å². The average molecular weight is 375 g/mol. The Kier molecular flexibility index (Phi) is 8.74. The lowest BCUT2D eigenvalue weighted by Crippen LogP contribution is -2.16. The van der Waals surface area contributed by atoms with Crippen molar-refractivity contribution in [3.05, 3.63) is 47.0 Å². The summed E-state index contributed by atoms with van der Waals surface area (Å²) in [6.45, 7) is 11.3. The molecule has 0 aliphatic heterocycles. The summed E-state index contributed by atoms with van der Waals surface area (Å²) in [5.41, 5.74) is 3.38. The third-order valence-corrected chi connectivity index (χ3v) is 4.71. The second-order valence-electron chi connectivity index (χ2n) is 8.89. The van der Waals surface area contributed by atoms with Gasteiger partial charge in [-0.25, -0.2) is 0 Å². The second-order valence-corrected chi connectivity index (χ2v) is 8.89. The summed E-state index contributed by atoms with van der Waals surface area (Å²) < 4.78 is 0. The predicted octanol–water partition coefficient (Wildman–Crippen LogP) is 5.67. The molecule has 0 amide bonds. The Labute approximate surface area is 163 Å². The van der Waals surface area contributed by atoms with Crippen LogP contribution in [0, 0.1) is 11.3 Å². The number of carbonyl (C=O) groups is 2. The quantitative estimate of drug-likeness (QED) is 0.517. The minimum absolute atomic E-state index is 0.0408. The fourth-order valence-corrected chi connectivity index (χ4v) is 3.29. The lowest BCUT2D eigenvalue weighted by Gasteiger charge is -2.29. The number of carboxylic acid groups (broad SMARTS) is 2. The first kappa shape index (κ1) is 22.9. The maximum Gasteiger partial charge on any atom is 0.307 e. The smallest absolute Gasteiger partial charge is 0.307 e. The van der Waals surface area contributed by atoms with Gasteiger partial charge >= 0.3 is 11.9 Å². The van der Waals surface area contributed by atoms with E-state index in [1.165, 1.54) is 5.56 Å². The molecule has 0 heterocycles. The number of rotatable bonds is 10. The Morgan fingerprint density at radius 2 is 1.59 bits per heavy atom. The second kappa shape index (κ2) is 10.3. The van der Waals surface area contributed by atoms with Crippen molar-refractivity contribution in [1.82, 2.24) is 0 Å². The Hall–Kier alpha value is -2.10. The molecule has 0 fully saturated rings. The third-order valence-electron chi connectivity index (χ3n) is 4.71. The molecule has 0 aliphatic rings. The van der Waals surface area contributed by atoms with Gasteiger partial charge in [0.25, 0.3) is 0 Å². The zero-order chi connectivity index (χ0) is 20.6. The topological polar surface area (TPSA) is 74.6 Å². The molecular formula is C23H34O4. The molecule has 0 bridgehead atoms. The normalized spacial score (nSPS) is 13.6. The van der Waals surface area contributed by atoms with E-state index < -0.39 is 11.9 Å². The van der Waals surface area contributed by atoms with Crippen LogP contribution in [0.5, 0.6) is 0 Å². The van der Waals surface area contributed by atoms with E-state index in [2.05, 4.69) is 58.9 Å². The summed E-state index contributed by atoms with van der Waals surface area (Å²) >= 11 is 0. The van der Waals surface area contributed by atoms with Crippen LogP contribution in [0.15, 0.2) is 35.9 Å². The predicted molar refractivity (Wildman–Crippen MR) is 109 cm³/mol. The number of hydrogen-bond donors (Lipinski definition) is 2. The van der Waals surface area contributed by atoms with Crippen LogP contribution in [0.3, 0.4) is 0 Å². The summed E-state index contributed by atoms with van der Waals surface area (Å²) in [6.07, 6.45) is 3.74. The van der Waals surface area contributed by atoms with Crippen molar-refractivity contribution < 1.29 is 19.8 Å². The first-order valence-corrected chi connectivity index (χ1v) is 9.68. The number of carboxylic acids is 2. The van der Waals surface area contributed by atoms with E-state index >= 15 is 0 Å². The molecule has 1 atom stereocenters. The van der Waals surface area contributed by atoms with Crippen molar-refractivity contribution in [2.45, 2.75) is 72.6 Å². The van der Waals surface area contributed by atoms with Gasteiger partial charge < -0.3 is 10.2 Å². The first-order chi connectivity index (χ1) is 12.5. The maximum absolute atomic E-state index is 11.0. The molecule has 0 saturated heterocycles. The van der Waals surface area contributed by atoms with Crippen molar-refractivity contribution >= 4 is 11.9 Å². The van der Waals surface area contributed by atoms with E-state index in [0.29, 0.717) is 23.8 Å².